The SMILES string of the molecule is Cc1cn(C[C@@H](O)COc2ccc(C(C)(C)c3ccc(OC[C@@H](O)CCl)c(C)c3)cc2)nn1. The summed E-state index contributed by atoms with van der Waals surface area (Å²) in [6.45, 7) is 8.84. The smallest absolute Gasteiger partial charge is 0.122 e. The van der Waals surface area contributed by atoms with E-state index in [0.29, 0.717) is 12.3 Å². The van der Waals surface area contributed by atoms with Gasteiger partial charge in [0.15, 0.2) is 0 Å². The first kappa shape index (κ1) is 25.0. The second kappa shape index (κ2) is 11.0. The van der Waals surface area contributed by atoms with Crippen LogP contribution in [0.15, 0.2) is 48.7 Å². The Bertz CT molecular complexity index is 1040. The van der Waals surface area contributed by atoms with Gasteiger partial charge in [-0.15, -0.1) is 16.7 Å². The fourth-order valence-electron chi connectivity index (χ4n) is 3.51. The second-order valence-corrected chi connectivity index (χ2v) is 9.10. The number of benzene rings is 2. The number of nitrogens with zero attached hydrogens (tertiary/aromatic N) is 3. The molecule has 1 aromatic heterocycles. The maximum absolute atomic E-state index is 10.2. The van der Waals surface area contributed by atoms with Crippen LogP contribution in [0.5, 0.6) is 11.5 Å². The third kappa shape index (κ3) is 6.69. The summed E-state index contributed by atoms with van der Waals surface area (Å²) in [7, 11) is 0. The number of aliphatic hydroxyl groups is 2. The molecule has 33 heavy (non-hydrogen) atoms. The van der Waals surface area contributed by atoms with Gasteiger partial charge in [-0.05, 0) is 48.7 Å². The van der Waals surface area contributed by atoms with E-state index in [1.807, 2.05) is 50.2 Å². The zero-order chi connectivity index (χ0) is 24.0. The standard InChI is InChI=1S/C25H32ClN3O4/c1-17-11-20(7-10-24(17)33-15-21(30)12-26)25(3,4)19-5-8-23(9-6-19)32-16-22(31)14-29-13-18(2)27-28-29/h5-11,13,21-22,30-31H,12,14-16H2,1-4H3/t21-,22+/m0/s1. The predicted molar refractivity (Wildman–Crippen MR) is 128 cm³/mol. The van der Waals surface area contributed by atoms with Gasteiger partial charge >= 0.3 is 0 Å². The number of aryl methyl sites for hydroxylation is 2. The van der Waals surface area contributed by atoms with Gasteiger partial charge in [0.25, 0.3) is 0 Å². The van der Waals surface area contributed by atoms with E-state index in [1.54, 1.807) is 10.9 Å². The van der Waals surface area contributed by atoms with Crippen LogP contribution in [0.3, 0.4) is 0 Å². The molecule has 3 aromatic rings. The topological polar surface area (TPSA) is 89.6 Å². The van der Waals surface area contributed by atoms with Crippen molar-refractivity contribution < 1.29 is 19.7 Å². The Morgan fingerprint density at radius 1 is 0.970 bits per heavy atom. The van der Waals surface area contributed by atoms with Gasteiger partial charge in [-0.25, -0.2) is 4.68 Å². The molecule has 178 valence electrons. The highest BCUT2D eigenvalue weighted by atomic mass is 35.5. The molecule has 0 aliphatic rings. The minimum Gasteiger partial charge on any atom is -0.491 e. The summed E-state index contributed by atoms with van der Waals surface area (Å²) in [5.74, 6) is 1.58. The number of aromatic nitrogens is 3. The Morgan fingerprint density at radius 3 is 2.24 bits per heavy atom. The van der Waals surface area contributed by atoms with Gasteiger partial charge in [-0.2, -0.15) is 0 Å². The largest absolute Gasteiger partial charge is 0.491 e. The number of rotatable bonds is 11. The molecule has 0 aliphatic carbocycles. The molecule has 8 heteroatoms. The van der Waals surface area contributed by atoms with E-state index in [-0.39, 0.29) is 24.5 Å². The molecular formula is C25H32ClN3O4. The molecule has 0 saturated carbocycles. The second-order valence-electron chi connectivity index (χ2n) is 8.80. The summed E-state index contributed by atoms with van der Waals surface area (Å²) in [4.78, 5) is 0. The third-order valence-electron chi connectivity index (χ3n) is 5.58. The van der Waals surface area contributed by atoms with Crippen molar-refractivity contribution in [2.45, 2.75) is 51.9 Å². The van der Waals surface area contributed by atoms with Crippen molar-refractivity contribution in [1.82, 2.24) is 15.0 Å². The zero-order valence-corrected chi connectivity index (χ0v) is 20.3. The number of halogens is 1. The summed E-state index contributed by atoms with van der Waals surface area (Å²) in [5.41, 5.74) is 3.86. The van der Waals surface area contributed by atoms with E-state index in [2.05, 4.69) is 30.2 Å². The van der Waals surface area contributed by atoms with E-state index in [9.17, 15) is 10.2 Å². The predicted octanol–water partition coefficient (Wildman–Crippen LogP) is 3.64. The van der Waals surface area contributed by atoms with Crippen molar-refractivity contribution in [3.63, 3.8) is 0 Å². The van der Waals surface area contributed by atoms with Crippen molar-refractivity contribution in [2.24, 2.45) is 0 Å². The number of alkyl halides is 1. The molecule has 2 aromatic carbocycles. The van der Waals surface area contributed by atoms with Gasteiger partial charge in [0.1, 0.15) is 36.9 Å². The molecule has 0 radical (unpaired) electrons. The number of hydrogen-bond acceptors (Lipinski definition) is 6. The first-order valence-corrected chi connectivity index (χ1v) is 11.5. The van der Waals surface area contributed by atoms with Crippen LogP contribution in [0, 0.1) is 13.8 Å². The van der Waals surface area contributed by atoms with E-state index in [0.717, 1.165) is 28.1 Å². The van der Waals surface area contributed by atoms with Crippen LogP contribution in [0.4, 0.5) is 0 Å². The van der Waals surface area contributed by atoms with Gasteiger partial charge in [0.05, 0.1) is 18.1 Å². The van der Waals surface area contributed by atoms with Crippen molar-refractivity contribution in [1.29, 1.82) is 0 Å². The van der Waals surface area contributed by atoms with Crippen molar-refractivity contribution >= 4 is 11.6 Å². The summed E-state index contributed by atoms with van der Waals surface area (Å²) in [5, 5.41) is 27.7. The van der Waals surface area contributed by atoms with E-state index >= 15 is 0 Å². The molecule has 0 spiro atoms. The molecule has 2 atom stereocenters. The van der Waals surface area contributed by atoms with Crippen LogP contribution >= 0.6 is 11.6 Å². The average Bonchev–Trinajstić information content (AvgIpc) is 3.21. The maximum Gasteiger partial charge on any atom is 0.122 e. The van der Waals surface area contributed by atoms with E-state index in [1.165, 1.54) is 0 Å². The molecule has 0 amide bonds. The van der Waals surface area contributed by atoms with E-state index in [4.69, 9.17) is 21.1 Å². The van der Waals surface area contributed by atoms with E-state index < -0.39 is 12.2 Å². The summed E-state index contributed by atoms with van der Waals surface area (Å²) >= 11 is 5.63. The molecule has 7 nitrogen and oxygen atoms in total. The van der Waals surface area contributed by atoms with Gasteiger partial charge in [0, 0.05) is 11.6 Å². The lowest BCUT2D eigenvalue weighted by molar-refractivity contribution is 0.0888. The highest BCUT2D eigenvalue weighted by molar-refractivity contribution is 6.18. The van der Waals surface area contributed by atoms with Crippen LogP contribution in [0.25, 0.3) is 0 Å². The van der Waals surface area contributed by atoms with Crippen LogP contribution in [0.2, 0.25) is 0 Å². The van der Waals surface area contributed by atoms with Crippen molar-refractivity contribution in [3.05, 3.63) is 71.0 Å². The first-order valence-electron chi connectivity index (χ1n) is 10.9. The molecule has 0 fully saturated rings. The average molecular weight is 474 g/mol. The van der Waals surface area contributed by atoms with Gasteiger partial charge in [-0.1, -0.05) is 43.3 Å². The molecule has 2 N–H and O–H groups in total. The van der Waals surface area contributed by atoms with Crippen LogP contribution in [0.1, 0.15) is 36.2 Å². The molecule has 0 saturated heterocycles. The Kier molecular flexibility index (Phi) is 8.35. The zero-order valence-electron chi connectivity index (χ0n) is 19.5. The molecule has 3 rings (SSSR count). The molecule has 0 bridgehead atoms. The number of hydrogen-bond donors (Lipinski definition) is 2. The third-order valence-corrected chi connectivity index (χ3v) is 5.93. The molecule has 1 heterocycles. The Labute approximate surface area is 199 Å². The molecule has 0 unspecified atom stereocenters. The van der Waals surface area contributed by atoms with Crippen molar-refractivity contribution in [3.8, 4) is 11.5 Å². The quantitative estimate of drug-likeness (QED) is 0.413. The maximum atomic E-state index is 10.2. The monoisotopic (exact) mass is 473 g/mol. The van der Waals surface area contributed by atoms with Crippen molar-refractivity contribution in [2.75, 3.05) is 19.1 Å². The van der Waals surface area contributed by atoms with Gasteiger partial charge in [-0.3, -0.25) is 0 Å². The Hall–Kier alpha value is -2.61. The van der Waals surface area contributed by atoms with Crippen LogP contribution in [-0.4, -0.2) is 56.5 Å². The summed E-state index contributed by atoms with van der Waals surface area (Å²) < 4.78 is 13.0. The summed E-state index contributed by atoms with van der Waals surface area (Å²) in [6.07, 6.45) is 0.413. The normalized spacial score (nSPS) is 13.5. The van der Waals surface area contributed by atoms with Gasteiger partial charge < -0.3 is 19.7 Å². The van der Waals surface area contributed by atoms with Gasteiger partial charge in [0.2, 0.25) is 0 Å². The molecule has 0 aliphatic heterocycles. The Balaban J connectivity index is 1.61. The number of aliphatic hydroxyl groups excluding tert-OH is 2. The minimum atomic E-state index is -0.684. The highest BCUT2D eigenvalue weighted by Gasteiger charge is 2.24. The lowest BCUT2D eigenvalue weighted by Gasteiger charge is -2.27. The van der Waals surface area contributed by atoms with Crippen LogP contribution < -0.4 is 9.47 Å². The summed E-state index contributed by atoms with van der Waals surface area (Å²) in [6, 6.07) is 14.0. The molecular weight excluding hydrogens is 442 g/mol. The fraction of sp³-hybridized carbons (Fsp3) is 0.440. The lowest BCUT2D eigenvalue weighted by atomic mass is 9.77. The lowest BCUT2D eigenvalue weighted by Crippen LogP contribution is -2.24. The van der Waals surface area contributed by atoms with Crippen LogP contribution in [-0.2, 0) is 12.0 Å². The number of ether oxygens (including phenoxy) is 2. The Morgan fingerprint density at radius 2 is 1.64 bits per heavy atom. The first-order chi connectivity index (χ1) is 15.7. The highest BCUT2D eigenvalue weighted by Crippen LogP contribution is 2.34. The minimum absolute atomic E-state index is 0.143. The fourth-order valence-corrected chi connectivity index (χ4v) is 3.60.